The van der Waals surface area contributed by atoms with E-state index in [9.17, 15) is 24.6 Å². The summed E-state index contributed by atoms with van der Waals surface area (Å²) >= 11 is 0. The van der Waals surface area contributed by atoms with Gasteiger partial charge in [0.05, 0.1) is 35.7 Å². The van der Waals surface area contributed by atoms with Gasteiger partial charge >= 0.3 is 11.9 Å². The normalized spacial score (nSPS) is 36.7. The Bertz CT molecular complexity index is 1480. The van der Waals surface area contributed by atoms with Crippen molar-refractivity contribution in [2.24, 2.45) is 22.7 Å². The fourth-order valence-corrected chi connectivity index (χ4v) is 12.8. The van der Waals surface area contributed by atoms with Gasteiger partial charge in [0, 0.05) is 37.5 Å². The number of carbonyl (C=O) groups excluding carboxylic acids is 4. The fourth-order valence-electron chi connectivity index (χ4n) is 9.86. The third-order valence-corrected chi connectivity index (χ3v) is 17.6. The lowest BCUT2D eigenvalue weighted by Gasteiger charge is -2.68. The SMILES string of the molecule is CC[Si](CC)(CC)O[C@H]1C[C@H]2OC[C@@]2(OC(C)=O)[C@H]2[C@H](OC(=O)c3ccccc3)[C@]3(O)C[C@H](O)C(C)=C([C@@H](CCC=O)C(=O)[C@]12C)C3(C)C. The lowest BCUT2D eigenvalue weighted by atomic mass is 9.43. The molecule has 5 rings (SSSR count). The number of aliphatic hydroxyl groups excluding tert-OH is 1. The zero-order valence-electron chi connectivity index (χ0n) is 30.2. The number of esters is 2. The molecule has 1 aromatic carbocycles. The molecule has 0 aromatic heterocycles. The van der Waals surface area contributed by atoms with Crippen LogP contribution in [-0.4, -0.2) is 84.8 Å². The highest BCUT2D eigenvalue weighted by Crippen LogP contribution is 2.66. The van der Waals surface area contributed by atoms with E-state index in [4.69, 9.17) is 18.6 Å². The van der Waals surface area contributed by atoms with E-state index in [1.807, 2.05) is 6.92 Å². The molecule has 1 saturated heterocycles. The Labute approximate surface area is 291 Å². The Kier molecular flexibility index (Phi) is 10.3. The highest BCUT2D eigenvalue weighted by atomic mass is 28.4. The van der Waals surface area contributed by atoms with Gasteiger partial charge in [-0.3, -0.25) is 9.59 Å². The van der Waals surface area contributed by atoms with Crippen LogP contribution in [-0.2, 0) is 33.0 Å². The van der Waals surface area contributed by atoms with Crippen LogP contribution in [0.5, 0.6) is 0 Å². The molecule has 2 saturated carbocycles. The second-order valence-corrected chi connectivity index (χ2v) is 20.1. The van der Waals surface area contributed by atoms with Crippen molar-refractivity contribution in [3.8, 4) is 0 Å². The van der Waals surface area contributed by atoms with Crippen LogP contribution in [0.15, 0.2) is 41.5 Å². The minimum atomic E-state index is -2.42. The number of fused-ring (bicyclic) bond motifs is 5. The Morgan fingerprint density at radius 3 is 2.24 bits per heavy atom. The van der Waals surface area contributed by atoms with Gasteiger partial charge < -0.3 is 33.6 Å². The zero-order chi connectivity index (χ0) is 36.2. The summed E-state index contributed by atoms with van der Waals surface area (Å²) in [6.07, 6.45) is -3.00. The molecule has 3 aliphatic carbocycles. The summed E-state index contributed by atoms with van der Waals surface area (Å²) in [5, 5.41) is 25.0. The molecule has 10 nitrogen and oxygen atoms in total. The number of hydrogen-bond donors (Lipinski definition) is 2. The number of aliphatic hydroxyl groups is 2. The van der Waals surface area contributed by atoms with Crippen LogP contribution in [0.1, 0.15) is 91.4 Å². The van der Waals surface area contributed by atoms with Gasteiger partial charge in [0.25, 0.3) is 0 Å². The molecular formula is C38H54O10Si. The molecule has 1 aliphatic heterocycles. The van der Waals surface area contributed by atoms with Crippen molar-refractivity contribution in [1.82, 2.24) is 0 Å². The van der Waals surface area contributed by atoms with Crippen LogP contribution in [0.2, 0.25) is 18.1 Å². The first kappa shape index (κ1) is 37.5. The molecule has 0 spiro atoms. The maximum atomic E-state index is 15.8. The molecule has 11 heteroatoms. The molecule has 4 aliphatic rings. The third kappa shape index (κ3) is 5.68. The first-order valence-corrected chi connectivity index (χ1v) is 20.4. The maximum Gasteiger partial charge on any atom is 0.338 e. The number of ketones is 1. The Balaban J connectivity index is 1.87. The van der Waals surface area contributed by atoms with Crippen LogP contribution in [0.4, 0.5) is 0 Å². The van der Waals surface area contributed by atoms with Crippen molar-refractivity contribution in [1.29, 1.82) is 0 Å². The van der Waals surface area contributed by atoms with Crippen LogP contribution in [0, 0.1) is 22.7 Å². The van der Waals surface area contributed by atoms with Crippen LogP contribution in [0.3, 0.4) is 0 Å². The van der Waals surface area contributed by atoms with Gasteiger partial charge in [-0.15, -0.1) is 0 Å². The van der Waals surface area contributed by atoms with Crippen molar-refractivity contribution in [2.45, 2.75) is 135 Å². The molecule has 49 heavy (non-hydrogen) atoms. The van der Waals surface area contributed by atoms with E-state index in [0.717, 1.165) is 24.4 Å². The van der Waals surface area contributed by atoms with Gasteiger partial charge in [0.1, 0.15) is 29.9 Å². The molecule has 2 bridgehead atoms. The molecule has 2 N–H and O–H groups in total. The summed E-state index contributed by atoms with van der Waals surface area (Å²) in [6, 6.07) is 10.8. The van der Waals surface area contributed by atoms with Crippen molar-refractivity contribution >= 4 is 32.3 Å². The van der Waals surface area contributed by atoms with E-state index in [-0.39, 0.29) is 43.6 Å². The van der Waals surface area contributed by atoms with Gasteiger partial charge in [-0.2, -0.15) is 0 Å². The Morgan fingerprint density at radius 2 is 1.71 bits per heavy atom. The van der Waals surface area contributed by atoms with Crippen molar-refractivity contribution in [2.75, 3.05) is 6.61 Å². The first-order valence-electron chi connectivity index (χ1n) is 17.9. The molecule has 0 amide bonds. The number of Topliss-reactive ketones (excluding diaryl/α,β-unsaturated/α-hetero) is 1. The smallest absolute Gasteiger partial charge is 0.338 e. The quantitative estimate of drug-likeness (QED) is 0.134. The van der Waals surface area contributed by atoms with E-state index >= 15 is 4.79 Å². The summed E-state index contributed by atoms with van der Waals surface area (Å²) in [5.41, 5.74) is -4.79. The fraction of sp³-hybridized carbons (Fsp3) is 0.684. The summed E-state index contributed by atoms with van der Waals surface area (Å²) in [4.78, 5) is 54.8. The number of ether oxygens (including phenoxy) is 3. The van der Waals surface area contributed by atoms with Gasteiger partial charge in [0.2, 0.25) is 0 Å². The number of rotatable bonds is 11. The van der Waals surface area contributed by atoms with Gasteiger partial charge in [0.15, 0.2) is 13.9 Å². The highest BCUT2D eigenvalue weighted by Gasteiger charge is 2.78. The van der Waals surface area contributed by atoms with E-state index in [1.54, 1.807) is 51.1 Å². The van der Waals surface area contributed by atoms with Crippen LogP contribution < -0.4 is 0 Å². The third-order valence-electron chi connectivity index (χ3n) is 13.0. The van der Waals surface area contributed by atoms with E-state index in [1.165, 1.54) is 6.92 Å². The molecule has 1 heterocycles. The number of aldehydes is 1. The molecule has 0 unspecified atom stereocenters. The van der Waals surface area contributed by atoms with Crippen molar-refractivity contribution in [3.63, 3.8) is 0 Å². The largest absolute Gasteiger partial charge is 0.455 e. The van der Waals surface area contributed by atoms with Crippen LogP contribution in [0.25, 0.3) is 0 Å². The lowest BCUT2D eigenvalue weighted by molar-refractivity contribution is -0.344. The average Bonchev–Trinajstić information content (AvgIpc) is 3.06. The van der Waals surface area contributed by atoms with Crippen molar-refractivity contribution < 1.29 is 48.0 Å². The topological polar surface area (TPSA) is 146 Å². The lowest BCUT2D eigenvalue weighted by Crippen LogP contribution is -2.82. The molecule has 9 atom stereocenters. The molecule has 1 aromatic rings. The molecule has 0 radical (unpaired) electrons. The molecule has 270 valence electrons. The molecular weight excluding hydrogens is 644 g/mol. The maximum absolute atomic E-state index is 15.8. The minimum absolute atomic E-state index is 0.0748. The number of benzene rings is 1. The predicted molar refractivity (Wildman–Crippen MR) is 184 cm³/mol. The predicted octanol–water partition coefficient (Wildman–Crippen LogP) is 5.35. The van der Waals surface area contributed by atoms with Crippen molar-refractivity contribution in [3.05, 3.63) is 47.0 Å². The Hall–Kier alpha value is -2.70. The van der Waals surface area contributed by atoms with Crippen LogP contribution >= 0.6 is 0 Å². The minimum Gasteiger partial charge on any atom is -0.455 e. The second-order valence-electron chi connectivity index (χ2n) is 15.4. The highest BCUT2D eigenvalue weighted by molar-refractivity contribution is 6.73. The van der Waals surface area contributed by atoms with Gasteiger partial charge in [-0.25, -0.2) is 4.79 Å². The van der Waals surface area contributed by atoms with Gasteiger partial charge in [-0.1, -0.05) is 52.8 Å². The molecule has 3 fully saturated rings. The summed E-state index contributed by atoms with van der Waals surface area (Å²) < 4.78 is 26.2. The van der Waals surface area contributed by atoms with E-state index < -0.39 is 78.5 Å². The summed E-state index contributed by atoms with van der Waals surface area (Å²) in [5.74, 6) is -3.57. The summed E-state index contributed by atoms with van der Waals surface area (Å²) in [6.45, 7) is 14.7. The first-order chi connectivity index (χ1) is 23.0. The Morgan fingerprint density at radius 1 is 1.08 bits per heavy atom. The average molecular weight is 699 g/mol. The number of hydrogen-bond acceptors (Lipinski definition) is 10. The van der Waals surface area contributed by atoms with E-state index in [2.05, 4.69) is 20.8 Å². The zero-order valence-corrected chi connectivity index (χ0v) is 31.2. The van der Waals surface area contributed by atoms with E-state index in [0.29, 0.717) is 11.1 Å². The van der Waals surface area contributed by atoms with Gasteiger partial charge in [-0.05, 0) is 61.7 Å². The number of carbonyl (C=O) groups is 4. The monoisotopic (exact) mass is 698 g/mol. The second kappa shape index (κ2) is 13.4. The standard InChI is InChI=1S/C38H54O10Si/c1-9-49(10-2,11-3)48-28-20-29-37(22-45-29,47-24(5)40)31-33(46-34(43)25-16-13-12-14-17-25)38(44)21-27(41)23(4)30(35(38,6)7)26(18-15-19-39)32(42)36(28,31)8/h12-14,16-17,19,26-29,31,33,41,44H,9-11,15,18,20-22H2,1-8H3/t26-,27+,28+,29-,31+,33+,36-,37+,38-/m1/s1. The summed E-state index contributed by atoms with van der Waals surface area (Å²) in [7, 11) is -2.42.